The molecule has 7 heteroatoms. The summed E-state index contributed by atoms with van der Waals surface area (Å²) in [5.74, 6) is 0. The van der Waals surface area contributed by atoms with Gasteiger partial charge in [-0.15, -0.1) is 11.3 Å². The molecule has 0 radical (unpaired) electrons. The smallest absolute Gasteiger partial charge is 0.287 e. The summed E-state index contributed by atoms with van der Waals surface area (Å²) >= 11 is 6.80. The second-order valence-corrected chi connectivity index (χ2v) is 5.91. The molecule has 0 aliphatic rings. The molecule has 5 nitrogen and oxygen atoms in total. The second kappa shape index (κ2) is 6.52. The van der Waals surface area contributed by atoms with Gasteiger partial charge in [-0.25, -0.2) is 4.68 Å². The summed E-state index contributed by atoms with van der Waals surface area (Å²) in [6.45, 7) is 4.11. The first-order chi connectivity index (χ1) is 10.0. The van der Waals surface area contributed by atoms with Gasteiger partial charge in [-0.1, -0.05) is 6.07 Å². The minimum Gasteiger partial charge on any atom is -0.356 e. The quantitative estimate of drug-likeness (QED) is 0.847. The molecule has 2 aromatic rings. The predicted molar refractivity (Wildman–Crippen MR) is 88.0 cm³/mol. The lowest BCUT2D eigenvalue weighted by Gasteiger charge is -2.15. The van der Waals surface area contributed by atoms with Crippen LogP contribution in [-0.4, -0.2) is 9.79 Å². The molecule has 0 bridgehead atoms. The molecule has 0 aliphatic heterocycles. The van der Waals surface area contributed by atoms with Gasteiger partial charge < -0.3 is 5.32 Å². The molecule has 0 atom stereocenters. The zero-order valence-electron chi connectivity index (χ0n) is 11.6. The fourth-order valence-corrected chi connectivity index (χ4v) is 2.70. The van der Waals surface area contributed by atoms with Crippen molar-refractivity contribution in [2.45, 2.75) is 20.4 Å². The van der Waals surface area contributed by atoms with Crippen LogP contribution >= 0.6 is 23.6 Å². The molecule has 2 rings (SSSR count). The van der Waals surface area contributed by atoms with Gasteiger partial charge in [0.05, 0.1) is 6.54 Å². The molecule has 0 fully saturated rings. The molecular formula is C14H14N4OS2. The average molecular weight is 318 g/mol. The highest BCUT2D eigenvalue weighted by molar-refractivity contribution is 7.80. The lowest BCUT2D eigenvalue weighted by Crippen LogP contribution is -2.40. The van der Waals surface area contributed by atoms with Crippen LogP contribution in [-0.2, 0) is 6.54 Å². The number of nitriles is 1. The third-order valence-electron chi connectivity index (χ3n) is 2.92. The largest absolute Gasteiger partial charge is 0.356 e. The fraction of sp³-hybridized carbons (Fsp3) is 0.214. The van der Waals surface area contributed by atoms with Crippen molar-refractivity contribution in [3.8, 4) is 6.07 Å². The Morgan fingerprint density at radius 3 is 2.90 bits per heavy atom. The van der Waals surface area contributed by atoms with Crippen molar-refractivity contribution < 1.29 is 0 Å². The van der Waals surface area contributed by atoms with Crippen LogP contribution in [0.1, 0.15) is 21.7 Å². The van der Waals surface area contributed by atoms with Gasteiger partial charge in [0.15, 0.2) is 5.11 Å². The van der Waals surface area contributed by atoms with E-state index in [0.29, 0.717) is 22.9 Å². The van der Waals surface area contributed by atoms with E-state index in [1.807, 2.05) is 23.6 Å². The van der Waals surface area contributed by atoms with Crippen molar-refractivity contribution in [1.29, 1.82) is 5.26 Å². The molecule has 21 heavy (non-hydrogen) atoms. The van der Waals surface area contributed by atoms with Gasteiger partial charge in [-0.05, 0) is 49.1 Å². The van der Waals surface area contributed by atoms with Gasteiger partial charge in [0, 0.05) is 10.6 Å². The summed E-state index contributed by atoms with van der Waals surface area (Å²) in [7, 11) is 0. The first kappa shape index (κ1) is 15.2. The van der Waals surface area contributed by atoms with E-state index in [4.69, 9.17) is 17.5 Å². The number of nitrogens with one attached hydrogen (secondary N) is 2. The van der Waals surface area contributed by atoms with Crippen LogP contribution in [0.5, 0.6) is 0 Å². The molecule has 0 aromatic carbocycles. The highest BCUT2D eigenvalue weighted by atomic mass is 32.1. The third kappa shape index (κ3) is 3.48. The first-order valence-electron chi connectivity index (χ1n) is 6.23. The van der Waals surface area contributed by atoms with Crippen molar-refractivity contribution in [3.63, 3.8) is 0 Å². The number of pyridine rings is 1. The molecule has 2 N–H and O–H groups in total. The van der Waals surface area contributed by atoms with Gasteiger partial charge in [-0.2, -0.15) is 5.26 Å². The summed E-state index contributed by atoms with van der Waals surface area (Å²) in [4.78, 5) is 13.3. The van der Waals surface area contributed by atoms with Crippen LogP contribution < -0.4 is 16.3 Å². The molecule has 0 amide bonds. The van der Waals surface area contributed by atoms with E-state index in [2.05, 4.69) is 10.7 Å². The Labute approximate surface area is 131 Å². The van der Waals surface area contributed by atoms with Gasteiger partial charge in [0.1, 0.15) is 11.6 Å². The van der Waals surface area contributed by atoms with E-state index in [9.17, 15) is 4.79 Å². The molecular weight excluding hydrogens is 304 g/mol. The molecule has 2 aromatic heterocycles. The maximum atomic E-state index is 12.2. The molecule has 2 heterocycles. The monoisotopic (exact) mass is 318 g/mol. The van der Waals surface area contributed by atoms with E-state index < -0.39 is 5.56 Å². The van der Waals surface area contributed by atoms with Crippen LogP contribution in [0.4, 0.5) is 0 Å². The Hall–Kier alpha value is -2.17. The van der Waals surface area contributed by atoms with Crippen molar-refractivity contribution in [1.82, 2.24) is 9.99 Å². The predicted octanol–water partition coefficient (Wildman–Crippen LogP) is 2.02. The van der Waals surface area contributed by atoms with E-state index in [1.54, 1.807) is 31.3 Å². The Bertz CT molecular complexity index is 757. The SMILES string of the molecule is Cc1cc(C)n(NC(=S)NCc2cccs2)c(=O)c1C#N. The van der Waals surface area contributed by atoms with Gasteiger partial charge in [0.25, 0.3) is 5.56 Å². The summed E-state index contributed by atoms with van der Waals surface area (Å²) in [6.07, 6.45) is 0. The zero-order valence-corrected chi connectivity index (χ0v) is 13.3. The number of thiophene rings is 1. The minimum atomic E-state index is -0.393. The average Bonchev–Trinajstić information content (AvgIpc) is 2.95. The van der Waals surface area contributed by atoms with Gasteiger partial charge in [0.2, 0.25) is 0 Å². The summed E-state index contributed by atoms with van der Waals surface area (Å²) in [5, 5.41) is 14.4. The van der Waals surface area contributed by atoms with Crippen molar-refractivity contribution >= 4 is 28.7 Å². The highest BCUT2D eigenvalue weighted by Gasteiger charge is 2.10. The van der Waals surface area contributed by atoms with E-state index in [-0.39, 0.29) is 5.56 Å². The van der Waals surface area contributed by atoms with Crippen LogP contribution in [0, 0.1) is 25.2 Å². The normalized spacial score (nSPS) is 9.95. The minimum absolute atomic E-state index is 0.120. The lowest BCUT2D eigenvalue weighted by atomic mass is 10.1. The number of aryl methyl sites for hydroxylation is 2. The maximum absolute atomic E-state index is 12.2. The lowest BCUT2D eigenvalue weighted by molar-refractivity contribution is 0.832. The number of rotatable bonds is 3. The molecule has 108 valence electrons. The van der Waals surface area contributed by atoms with Gasteiger partial charge >= 0.3 is 0 Å². The zero-order chi connectivity index (χ0) is 15.4. The van der Waals surface area contributed by atoms with Crippen LogP contribution in [0.3, 0.4) is 0 Å². The first-order valence-corrected chi connectivity index (χ1v) is 7.52. The molecule has 0 aliphatic carbocycles. The molecule has 0 spiro atoms. The number of thiocarbonyl (C=S) groups is 1. The highest BCUT2D eigenvalue weighted by Crippen LogP contribution is 2.07. The maximum Gasteiger partial charge on any atom is 0.287 e. The van der Waals surface area contributed by atoms with Crippen molar-refractivity contribution in [2.75, 3.05) is 5.43 Å². The van der Waals surface area contributed by atoms with E-state index >= 15 is 0 Å². The Kier molecular flexibility index (Phi) is 4.73. The Morgan fingerprint density at radius 1 is 1.52 bits per heavy atom. The third-order valence-corrected chi connectivity index (χ3v) is 4.03. The number of hydrogen-bond acceptors (Lipinski definition) is 4. The topological polar surface area (TPSA) is 69.8 Å². The summed E-state index contributed by atoms with van der Waals surface area (Å²) in [6, 6.07) is 7.66. The van der Waals surface area contributed by atoms with E-state index in [1.165, 1.54) is 4.68 Å². The van der Waals surface area contributed by atoms with E-state index in [0.717, 1.165) is 4.88 Å². The standard InChI is InChI=1S/C14H14N4OS2/c1-9-6-10(2)18(13(19)12(9)7-15)17-14(20)16-8-11-4-3-5-21-11/h3-6H,8H2,1-2H3,(H2,16,17,20). The molecule has 0 saturated heterocycles. The number of aromatic nitrogens is 1. The number of hydrogen-bond donors (Lipinski definition) is 2. The summed E-state index contributed by atoms with van der Waals surface area (Å²) in [5.41, 5.74) is 3.90. The van der Waals surface area contributed by atoms with Crippen LogP contribution in [0.25, 0.3) is 0 Å². The molecule has 0 saturated carbocycles. The fourth-order valence-electron chi connectivity index (χ4n) is 1.89. The second-order valence-electron chi connectivity index (χ2n) is 4.47. The van der Waals surface area contributed by atoms with Crippen molar-refractivity contribution in [2.24, 2.45) is 0 Å². The van der Waals surface area contributed by atoms with Crippen LogP contribution in [0.2, 0.25) is 0 Å². The Balaban J connectivity index is 2.14. The van der Waals surface area contributed by atoms with Crippen molar-refractivity contribution in [3.05, 3.63) is 55.6 Å². The molecule has 0 unspecified atom stereocenters. The van der Waals surface area contributed by atoms with Gasteiger partial charge in [-0.3, -0.25) is 10.2 Å². The number of nitrogens with zero attached hydrogens (tertiary/aromatic N) is 2. The van der Waals surface area contributed by atoms with Crippen LogP contribution in [0.15, 0.2) is 28.4 Å². The Morgan fingerprint density at radius 2 is 2.29 bits per heavy atom. The summed E-state index contributed by atoms with van der Waals surface area (Å²) < 4.78 is 1.29.